The molecule has 0 atom stereocenters. The van der Waals surface area contributed by atoms with Crippen molar-refractivity contribution in [1.29, 1.82) is 0 Å². The fraction of sp³-hybridized carbons (Fsp3) is 0.100. The largest absolute Gasteiger partial charge is 0.256 e. The van der Waals surface area contributed by atoms with Crippen LogP contribution in [0.25, 0.3) is 11.3 Å². The highest BCUT2D eigenvalue weighted by molar-refractivity contribution is 6.29. The number of aromatic nitrogens is 2. The average molecular weight is 265 g/mol. The number of rotatable bonds is 1. The van der Waals surface area contributed by atoms with E-state index in [9.17, 15) is 17.6 Å². The van der Waals surface area contributed by atoms with Crippen LogP contribution in [-0.2, 0) is 7.05 Å². The Labute approximate surface area is 98.4 Å². The third-order valence-corrected chi connectivity index (χ3v) is 2.56. The molecule has 0 spiro atoms. The summed E-state index contributed by atoms with van der Waals surface area (Å²) in [5.74, 6) is -6.71. The Balaban J connectivity index is 2.68. The molecule has 0 radical (unpaired) electrons. The fourth-order valence-corrected chi connectivity index (χ4v) is 1.48. The summed E-state index contributed by atoms with van der Waals surface area (Å²) in [5.41, 5.74) is -0.559. The minimum atomic E-state index is -1.87. The van der Waals surface area contributed by atoms with E-state index >= 15 is 0 Å². The van der Waals surface area contributed by atoms with Gasteiger partial charge in [0, 0.05) is 18.7 Å². The molecular weight excluding hydrogens is 260 g/mol. The average Bonchev–Trinajstić information content (AvgIpc) is 2.61. The molecule has 1 heterocycles. The lowest BCUT2D eigenvalue weighted by molar-refractivity contribution is 0.410. The molecule has 0 aliphatic rings. The lowest BCUT2D eigenvalue weighted by atomic mass is 10.1. The van der Waals surface area contributed by atoms with Gasteiger partial charge < -0.3 is 0 Å². The number of hydrogen-bond acceptors (Lipinski definition) is 1. The van der Waals surface area contributed by atoms with Crippen LogP contribution < -0.4 is 0 Å². The fourth-order valence-electron chi connectivity index (χ4n) is 1.34. The van der Waals surface area contributed by atoms with Crippen LogP contribution in [-0.4, -0.2) is 9.78 Å². The maximum Gasteiger partial charge on any atom is 0.198 e. The van der Waals surface area contributed by atoms with Crippen molar-refractivity contribution in [2.45, 2.75) is 0 Å². The van der Waals surface area contributed by atoms with Crippen LogP contribution in [0.15, 0.2) is 12.1 Å². The third-order valence-electron chi connectivity index (χ3n) is 2.20. The molecule has 1 aromatic carbocycles. The van der Waals surface area contributed by atoms with Gasteiger partial charge in [-0.05, 0) is 6.07 Å². The molecule has 0 amide bonds. The van der Waals surface area contributed by atoms with Crippen molar-refractivity contribution < 1.29 is 17.6 Å². The van der Waals surface area contributed by atoms with E-state index in [1.54, 1.807) is 0 Å². The first-order valence-electron chi connectivity index (χ1n) is 4.44. The van der Waals surface area contributed by atoms with Crippen molar-refractivity contribution in [2.75, 3.05) is 0 Å². The lowest BCUT2D eigenvalue weighted by Crippen LogP contribution is -1.99. The second kappa shape index (κ2) is 4.03. The third kappa shape index (κ3) is 1.88. The van der Waals surface area contributed by atoms with Gasteiger partial charge in [-0.2, -0.15) is 5.10 Å². The minimum absolute atomic E-state index is 0.0761. The summed E-state index contributed by atoms with van der Waals surface area (Å²) in [6, 6.07) is 1.75. The van der Waals surface area contributed by atoms with Crippen LogP contribution >= 0.6 is 11.6 Å². The van der Waals surface area contributed by atoms with Gasteiger partial charge in [-0.1, -0.05) is 11.6 Å². The SMILES string of the molecule is Cn1nc(-c2cc(F)c(F)c(F)c2F)cc1Cl. The van der Waals surface area contributed by atoms with Crippen LogP contribution in [0.2, 0.25) is 5.15 Å². The topological polar surface area (TPSA) is 17.8 Å². The first-order chi connectivity index (χ1) is 7.91. The Kier molecular flexibility index (Phi) is 2.82. The van der Waals surface area contributed by atoms with E-state index in [1.807, 2.05) is 0 Å². The molecular formula is C10H5ClF4N2. The smallest absolute Gasteiger partial charge is 0.198 e. The van der Waals surface area contributed by atoms with Gasteiger partial charge in [0.05, 0.1) is 5.69 Å². The van der Waals surface area contributed by atoms with Crippen molar-refractivity contribution >= 4 is 11.6 Å². The maximum atomic E-state index is 13.4. The van der Waals surface area contributed by atoms with Crippen molar-refractivity contribution in [2.24, 2.45) is 7.05 Å². The Hall–Kier alpha value is -1.56. The van der Waals surface area contributed by atoms with Crippen LogP contribution in [0.5, 0.6) is 0 Å². The van der Waals surface area contributed by atoms with Gasteiger partial charge in [-0.25, -0.2) is 17.6 Å². The molecule has 90 valence electrons. The summed E-state index contributed by atoms with van der Waals surface area (Å²) < 4.78 is 53.3. The molecule has 0 unspecified atom stereocenters. The van der Waals surface area contributed by atoms with E-state index in [0.717, 1.165) is 0 Å². The maximum absolute atomic E-state index is 13.4. The first-order valence-corrected chi connectivity index (χ1v) is 4.82. The number of benzene rings is 1. The quantitative estimate of drug-likeness (QED) is 0.439. The number of nitrogens with zero attached hydrogens (tertiary/aromatic N) is 2. The summed E-state index contributed by atoms with van der Waals surface area (Å²) >= 11 is 5.66. The zero-order chi connectivity index (χ0) is 12.7. The molecule has 2 nitrogen and oxygen atoms in total. The van der Waals surface area contributed by atoms with Gasteiger partial charge in [0.15, 0.2) is 23.3 Å². The van der Waals surface area contributed by atoms with E-state index in [0.29, 0.717) is 6.07 Å². The van der Waals surface area contributed by atoms with Gasteiger partial charge >= 0.3 is 0 Å². The Morgan fingerprint density at radius 2 is 1.71 bits per heavy atom. The number of aryl methyl sites for hydroxylation is 1. The monoisotopic (exact) mass is 264 g/mol. The highest BCUT2D eigenvalue weighted by Crippen LogP contribution is 2.28. The first kappa shape index (κ1) is 11.9. The summed E-state index contributed by atoms with van der Waals surface area (Å²) in [7, 11) is 1.47. The van der Waals surface area contributed by atoms with E-state index < -0.39 is 28.8 Å². The van der Waals surface area contributed by atoms with E-state index in [2.05, 4.69) is 5.10 Å². The van der Waals surface area contributed by atoms with Crippen molar-refractivity contribution in [3.05, 3.63) is 40.6 Å². The molecule has 2 aromatic rings. The molecule has 0 saturated heterocycles. The minimum Gasteiger partial charge on any atom is -0.256 e. The molecule has 0 aliphatic carbocycles. The van der Waals surface area contributed by atoms with Crippen molar-refractivity contribution in [1.82, 2.24) is 9.78 Å². The van der Waals surface area contributed by atoms with E-state index in [4.69, 9.17) is 11.6 Å². The van der Waals surface area contributed by atoms with Crippen LogP contribution in [0.4, 0.5) is 17.6 Å². The molecule has 2 rings (SSSR count). The predicted octanol–water partition coefficient (Wildman–Crippen LogP) is 3.30. The second-order valence-corrected chi connectivity index (χ2v) is 3.71. The molecule has 0 bridgehead atoms. The Morgan fingerprint density at radius 3 is 2.24 bits per heavy atom. The van der Waals surface area contributed by atoms with Crippen LogP contribution in [0.3, 0.4) is 0 Å². The van der Waals surface area contributed by atoms with Gasteiger partial charge in [-0.3, -0.25) is 4.68 Å². The molecule has 0 saturated carbocycles. The lowest BCUT2D eigenvalue weighted by Gasteiger charge is -2.02. The summed E-state index contributed by atoms with van der Waals surface area (Å²) in [4.78, 5) is 0. The summed E-state index contributed by atoms with van der Waals surface area (Å²) in [6.45, 7) is 0. The molecule has 0 N–H and O–H groups in total. The van der Waals surface area contributed by atoms with Gasteiger partial charge in [-0.15, -0.1) is 0 Å². The molecule has 0 fully saturated rings. The van der Waals surface area contributed by atoms with Crippen molar-refractivity contribution in [3.8, 4) is 11.3 Å². The number of hydrogen-bond donors (Lipinski definition) is 0. The molecule has 17 heavy (non-hydrogen) atoms. The summed E-state index contributed by atoms with van der Waals surface area (Å²) in [6.07, 6.45) is 0. The van der Waals surface area contributed by atoms with Crippen LogP contribution in [0, 0.1) is 23.3 Å². The Morgan fingerprint density at radius 1 is 1.06 bits per heavy atom. The Bertz CT molecular complexity index is 575. The highest BCUT2D eigenvalue weighted by Gasteiger charge is 2.21. The zero-order valence-corrected chi connectivity index (χ0v) is 9.19. The van der Waals surface area contributed by atoms with Crippen LogP contribution in [0.1, 0.15) is 0 Å². The predicted molar refractivity (Wildman–Crippen MR) is 53.5 cm³/mol. The van der Waals surface area contributed by atoms with Gasteiger partial charge in [0.1, 0.15) is 5.15 Å². The summed E-state index contributed by atoms with van der Waals surface area (Å²) in [5, 5.41) is 3.90. The van der Waals surface area contributed by atoms with Gasteiger partial charge in [0.2, 0.25) is 0 Å². The molecule has 0 aliphatic heterocycles. The normalized spacial score (nSPS) is 10.9. The highest BCUT2D eigenvalue weighted by atomic mass is 35.5. The second-order valence-electron chi connectivity index (χ2n) is 3.32. The van der Waals surface area contributed by atoms with Gasteiger partial charge in [0.25, 0.3) is 0 Å². The molecule has 7 heteroatoms. The number of halogens is 5. The van der Waals surface area contributed by atoms with E-state index in [-0.39, 0.29) is 10.8 Å². The van der Waals surface area contributed by atoms with Crippen molar-refractivity contribution in [3.63, 3.8) is 0 Å². The van der Waals surface area contributed by atoms with E-state index in [1.165, 1.54) is 17.8 Å². The zero-order valence-electron chi connectivity index (χ0n) is 8.44. The standard InChI is InChI=1S/C10H5ClF4N2/c1-17-7(11)3-6(16-17)4-2-5(12)9(14)10(15)8(4)13/h2-3H,1H3. The molecule has 1 aromatic heterocycles.